The topological polar surface area (TPSA) is 38.0 Å². The van der Waals surface area contributed by atoms with Crippen LogP contribution >= 0.6 is 0 Å². The standard InChI is InChI=1S/C13H26N2/c1-11(8-14)6-5-7-13(4)9-12(2,3)10-15-13/h8,15H,5-7,9-10,14H2,1-4H3/b11-8-/t13-/m1/s1. The van der Waals surface area contributed by atoms with E-state index in [1.54, 1.807) is 6.20 Å². The molecule has 0 saturated carbocycles. The molecule has 1 heterocycles. The van der Waals surface area contributed by atoms with Crippen LogP contribution in [0.1, 0.15) is 53.4 Å². The lowest BCUT2D eigenvalue weighted by atomic mass is 9.82. The molecule has 0 aromatic heterocycles. The fourth-order valence-electron chi connectivity index (χ4n) is 2.65. The van der Waals surface area contributed by atoms with Crippen LogP contribution in [-0.4, -0.2) is 12.1 Å². The summed E-state index contributed by atoms with van der Waals surface area (Å²) in [7, 11) is 0. The van der Waals surface area contributed by atoms with E-state index < -0.39 is 0 Å². The second kappa shape index (κ2) is 4.56. The maximum atomic E-state index is 5.46. The van der Waals surface area contributed by atoms with E-state index in [2.05, 4.69) is 33.0 Å². The SMILES string of the molecule is C/C(=C/N)CCC[C@]1(C)CC(C)(C)CN1. The van der Waals surface area contributed by atoms with Crippen LogP contribution in [0.2, 0.25) is 0 Å². The van der Waals surface area contributed by atoms with E-state index in [9.17, 15) is 0 Å². The van der Waals surface area contributed by atoms with Crippen molar-refractivity contribution in [3.8, 4) is 0 Å². The van der Waals surface area contributed by atoms with Crippen molar-refractivity contribution in [1.29, 1.82) is 0 Å². The molecule has 0 unspecified atom stereocenters. The van der Waals surface area contributed by atoms with Gasteiger partial charge in [0.25, 0.3) is 0 Å². The van der Waals surface area contributed by atoms with Crippen molar-refractivity contribution in [2.45, 2.75) is 58.9 Å². The van der Waals surface area contributed by atoms with Crippen LogP contribution in [0.5, 0.6) is 0 Å². The molecule has 1 rings (SSSR count). The zero-order valence-electron chi connectivity index (χ0n) is 10.7. The molecule has 1 atom stereocenters. The first-order valence-corrected chi connectivity index (χ1v) is 5.99. The summed E-state index contributed by atoms with van der Waals surface area (Å²) < 4.78 is 0. The Kier molecular flexibility index (Phi) is 3.82. The third kappa shape index (κ3) is 3.86. The maximum Gasteiger partial charge on any atom is 0.0159 e. The number of nitrogens with two attached hydrogens (primary N) is 1. The largest absolute Gasteiger partial charge is 0.405 e. The van der Waals surface area contributed by atoms with Crippen LogP contribution in [0.15, 0.2) is 11.8 Å². The van der Waals surface area contributed by atoms with Gasteiger partial charge in [0, 0.05) is 12.1 Å². The molecule has 3 N–H and O–H groups in total. The summed E-state index contributed by atoms with van der Waals surface area (Å²) >= 11 is 0. The van der Waals surface area contributed by atoms with Crippen LogP contribution in [0.25, 0.3) is 0 Å². The van der Waals surface area contributed by atoms with Gasteiger partial charge in [-0.25, -0.2) is 0 Å². The fourth-order valence-corrected chi connectivity index (χ4v) is 2.65. The number of allylic oxidation sites excluding steroid dienone is 1. The summed E-state index contributed by atoms with van der Waals surface area (Å²) in [6.07, 6.45) is 6.63. The molecule has 2 heteroatoms. The zero-order chi connectivity index (χ0) is 11.5. The molecule has 1 aliphatic heterocycles. The molecule has 0 amide bonds. The van der Waals surface area contributed by atoms with Crippen molar-refractivity contribution in [3.63, 3.8) is 0 Å². The Labute approximate surface area is 94.3 Å². The van der Waals surface area contributed by atoms with Gasteiger partial charge in [-0.2, -0.15) is 0 Å². The highest BCUT2D eigenvalue weighted by Gasteiger charge is 2.38. The predicted octanol–water partition coefficient (Wildman–Crippen LogP) is 2.80. The summed E-state index contributed by atoms with van der Waals surface area (Å²) in [4.78, 5) is 0. The summed E-state index contributed by atoms with van der Waals surface area (Å²) in [5, 5.41) is 3.66. The molecule has 0 aromatic carbocycles. The Hall–Kier alpha value is -0.500. The average molecular weight is 210 g/mol. The molecule has 0 bridgehead atoms. The Morgan fingerprint density at radius 3 is 2.53 bits per heavy atom. The second-order valence-corrected chi connectivity index (χ2v) is 6.12. The van der Waals surface area contributed by atoms with Gasteiger partial charge < -0.3 is 11.1 Å². The molecule has 1 aliphatic rings. The molecule has 15 heavy (non-hydrogen) atoms. The van der Waals surface area contributed by atoms with Crippen molar-refractivity contribution >= 4 is 0 Å². The van der Waals surface area contributed by atoms with E-state index in [1.165, 1.54) is 24.8 Å². The van der Waals surface area contributed by atoms with E-state index in [4.69, 9.17) is 5.73 Å². The van der Waals surface area contributed by atoms with Crippen LogP contribution < -0.4 is 11.1 Å². The molecule has 0 spiro atoms. The smallest absolute Gasteiger partial charge is 0.0159 e. The van der Waals surface area contributed by atoms with Crippen molar-refractivity contribution < 1.29 is 0 Å². The first kappa shape index (κ1) is 12.6. The van der Waals surface area contributed by atoms with E-state index in [0.29, 0.717) is 11.0 Å². The van der Waals surface area contributed by atoms with E-state index in [-0.39, 0.29) is 0 Å². The number of rotatable bonds is 4. The van der Waals surface area contributed by atoms with Gasteiger partial charge in [-0.1, -0.05) is 19.4 Å². The lowest BCUT2D eigenvalue weighted by Gasteiger charge is -2.26. The minimum atomic E-state index is 0.346. The van der Waals surface area contributed by atoms with Gasteiger partial charge in [-0.15, -0.1) is 0 Å². The van der Waals surface area contributed by atoms with E-state index >= 15 is 0 Å². The van der Waals surface area contributed by atoms with Gasteiger partial charge in [0.1, 0.15) is 0 Å². The van der Waals surface area contributed by atoms with Crippen LogP contribution in [0, 0.1) is 5.41 Å². The van der Waals surface area contributed by atoms with Crippen molar-refractivity contribution in [1.82, 2.24) is 5.32 Å². The van der Waals surface area contributed by atoms with E-state index in [1.807, 2.05) is 0 Å². The molecule has 1 fully saturated rings. The van der Waals surface area contributed by atoms with Crippen molar-refractivity contribution in [2.24, 2.45) is 11.1 Å². The molecular weight excluding hydrogens is 184 g/mol. The van der Waals surface area contributed by atoms with Crippen molar-refractivity contribution in [3.05, 3.63) is 11.8 Å². The highest BCUT2D eigenvalue weighted by atomic mass is 15.0. The lowest BCUT2D eigenvalue weighted by Crippen LogP contribution is -2.35. The molecule has 0 aromatic rings. The summed E-state index contributed by atoms with van der Waals surface area (Å²) in [5.41, 5.74) is 7.58. The molecule has 0 aliphatic carbocycles. The average Bonchev–Trinajstić information content (AvgIpc) is 2.41. The zero-order valence-corrected chi connectivity index (χ0v) is 10.7. The number of hydrogen-bond donors (Lipinski definition) is 2. The molecule has 1 saturated heterocycles. The Bertz CT molecular complexity index is 243. The summed E-state index contributed by atoms with van der Waals surface area (Å²) in [5.74, 6) is 0. The van der Waals surface area contributed by atoms with Crippen LogP contribution in [-0.2, 0) is 0 Å². The van der Waals surface area contributed by atoms with Crippen molar-refractivity contribution in [2.75, 3.05) is 6.54 Å². The highest BCUT2D eigenvalue weighted by molar-refractivity contribution is 4.99. The van der Waals surface area contributed by atoms with E-state index in [0.717, 1.165) is 13.0 Å². The second-order valence-electron chi connectivity index (χ2n) is 6.12. The van der Waals surface area contributed by atoms with Gasteiger partial charge in [0.2, 0.25) is 0 Å². The van der Waals surface area contributed by atoms with Gasteiger partial charge in [0.05, 0.1) is 0 Å². The third-order valence-electron chi connectivity index (χ3n) is 3.45. The Balaban J connectivity index is 2.33. The highest BCUT2D eigenvalue weighted by Crippen LogP contribution is 2.36. The van der Waals surface area contributed by atoms with Crippen LogP contribution in [0.4, 0.5) is 0 Å². The summed E-state index contributed by atoms with van der Waals surface area (Å²) in [6, 6.07) is 0. The summed E-state index contributed by atoms with van der Waals surface area (Å²) in [6.45, 7) is 10.3. The fraction of sp³-hybridized carbons (Fsp3) is 0.846. The van der Waals surface area contributed by atoms with Gasteiger partial charge in [-0.3, -0.25) is 0 Å². The Morgan fingerprint density at radius 2 is 2.07 bits per heavy atom. The minimum absolute atomic E-state index is 0.346. The normalized spacial score (nSPS) is 30.8. The molecule has 2 nitrogen and oxygen atoms in total. The van der Waals surface area contributed by atoms with Gasteiger partial charge in [0.15, 0.2) is 0 Å². The maximum absolute atomic E-state index is 5.46. The minimum Gasteiger partial charge on any atom is -0.405 e. The Morgan fingerprint density at radius 1 is 1.40 bits per heavy atom. The first-order valence-electron chi connectivity index (χ1n) is 5.99. The van der Waals surface area contributed by atoms with Crippen LogP contribution in [0.3, 0.4) is 0 Å². The first-order chi connectivity index (χ1) is 6.87. The number of nitrogens with one attached hydrogen (secondary N) is 1. The van der Waals surface area contributed by atoms with Gasteiger partial charge in [-0.05, 0) is 51.1 Å². The molecule has 88 valence electrons. The number of hydrogen-bond acceptors (Lipinski definition) is 2. The van der Waals surface area contributed by atoms with Gasteiger partial charge >= 0.3 is 0 Å². The predicted molar refractivity (Wildman–Crippen MR) is 66.6 cm³/mol. The third-order valence-corrected chi connectivity index (χ3v) is 3.45. The molecular formula is C13H26N2. The quantitative estimate of drug-likeness (QED) is 0.749. The lowest BCUT2D eigenvalue weighted by molar-refractivity contribution is 0.327. The monoisotopic (exact) mass is 210 g/mol. The molecule has 0 radical (unpaired) electrons.